The number of benzene rings is 1. The number of hydrogen-bond acceptors (Lipinski definition) is 8. The van der Waals surface area contributed by atoms with E-state index in [9.17, 15) is 21.9 Å². The van der Waals surface area contributed by atoms with E-state index in [1.165, 1.54) is 14.5 Å². The van der Waals surface area contributed by atoms with Crippen molar-refractivity contribution in [3.05, 3.63) is 54.0 Å². The summed E-state index contributed by atoms with van der Waals surface area (Å²) in [5.74, 6) is -0.0366. The molecule has 0 radical (unpaired) electrons. The van der Waals surface area contributed by atoms with Gasteiger partial charge in [-0.3, -0.25) is 4.98 Å². The molecule has 35 heavy (non-hydrogen) atoms. The van der Waals surface area contributed by atoms with Crippen molar-refractivity contribution in [3.63, 3.8) is 0 Å². The highest BCUT2D eigenvalue weighted by Gasteiger charge is 2.44. The van der Waals surface area contributed by atoms with Crippen LogP contribution < -0.4 is 0 Å². The summed E-state index contributed by atoms with van der Waals surface area (Å²) >= 11 is 0. The third-order valence-electron chi connectivity index (χ3n) is 7.07. The third kappa shape index (κ3) is 4.29. The summed E-state index contributed by atoms with van der Waals surface area (Å²) in [5, 5.41) is 9.12. The van der Waals surface area contributed by atoms with Crippen LogP contribution in [0.25, 0.3) is 11.2 Å². The molecule has 0 aliphatic carbocycles. The van der Waals surface area contributed by atoms with Gasteiger partial charge in [-0.2, -0.15) is 0 Å². The Morgan fingerprint density at radius 1 is 1.00 bits per heavy atom. The molecular formula is C22H28BN5O5S2. The molecule has 13 heteroatoms. The van der Waals surface area contributed by atoms with E-state index in [1.807, 2.05) is 6.92 Å². The van der Waals surface area contributed by atoms with Crippen LogP contribution in [0.3, 0.4) is 0 Å². The van der Waals surface area contributed by atoms with Gasteiger partial charge in [-0.25, -0.2) is 30.1 Å². The normalized spacial score (nSPS) is 19.2. The summed E-state index contributed by atoms with van der Waals surface area (Å²) in [4.78, 5) is 10.6. The summed E-state index contributed by atoms with van der Waals surface area (Å²) in [5.41, 5.74) is 2.52. The molecule has 0 spiro atoms. The van der Waals surface area contributed by atoms with Crippen molar-refractivity contribution in [2.24, 2.45) is 0 Å². The Morgan fingerprint density at radius 2 is 1.63 bits per heavy atom. The highest BCUT2D eigenvalue weighted by molar-refractivity contribution is 7.90. The molecular weight excluding hydrogens is 489 g/mol. The first-order valence-corrected chi connectivity index (χ1v) is 14.6. The van der Waals surface area contributed by atoms with Crippen molar-refractivity contribution in [2.45, 2.75) is 42.7 Å². The highest BCUT2D eigenvalue weighted by atomic mass is 32.2. The van der Waals surface area contributed by atoms with Crippen LogP contribution in [0.4, 0.5) is 0 Å². The summed E-state index contributed by atoms with van der Waals surface area (Å²) in [6.07, 6.45) is 5.73. The van der Waals surface area contributed by atoms with Crippen LogP contribution in [0.15, 0.2) is 47.8 Å². The van der Waals surface area contributed by atoms with Gasteiger partial charge in [0, 0.05) is 50.3 Å². The Labute approximate surface area is 205 Å². The number of hydrogen-bond donors (Lipinski definition) is 1. The Hall–Kier alpha value is -2.32. The van der Waals surface area contributed by atoms with E-state index in [2.05, 4.69) is 9.97 Å². The van der Waals surface area contributed by atoms with Gasteiger partial charge in [0.05, 0.1) is 10.1 Å². The molecule has 2 fully saturated rings. The molecule has 1 aromatic carbocycles. The summed E-state index contributed by atoms with van der Waals surface area (Å²) < 4.78 is 55.6. The predicted octanol–water partition coefficient (Wildman–Crippen LogP) is 1.28. The SMILES string of the molecule is CB(O)N1CC(S(=O)(=O)N2CCC(c3cn(S(=O)(=O)c4ccc(C)cc4)c4nccnc34)CC2)C1. The van der Waals surface area contributed by atoms with Gasteiger partial charge >= 0.3 is 7.05 Å². The van der Waals surface area contributed by atoms with Gasteiger partial charge in [0.15, 0.2) is 5.65 Å². The second-order valence-corrected chi connectivity index (χ2v) is 13.4. The Balaban J connectivity index is 1.39. The standard InChI is InChI=1S/C22H28BN5O5S2/c1-16-3-5-18(6-4-16)35(32,33)28-15-20(21-22(28)25-10-9-24-21)17-7-11-27(12-8-17)34(30,31)19-13-26(14-19)23(2)29/h3-6,9-10,15,17,19,29H,7-8,11-14H2,1-2H3. The monoisotopic (exact) mass is 517 g/mol. The summed E-state index contributed by atoms with van der Waals surface area (Å²) in [7, 11) is -7.97. The second-order valence-electron chi connectivity index (χ2n) is 9.35. The molecule has 0 bridgehead atoms. The lowest BCUT2D eigenvalue weighted by atomic mass is 9.81. The molecule has 2 aliphatic heterocycles. The molecule has 5 rings (SSSR count). The number of rotatable bonds is 6. The van der Waals surface area contributed by atoms with Crippen LogP contribution in [0.2, 0.25) is 6.82 Å². The zero-order valence-corrected chi connectivity index (χ0v) is 21.3. The van der Waals surface area contributed by atoms with Crippen molar-refractivity contribution in [3.8, 4) is 0 Å². The van der Waals surface area contributed by atoms with Gasteiger partial charge in [0.25, 0.3) is 10.0 Å². The fraction of sp³-hybridized carbons (Fsp3) is 0.455. The molecule has 4 heterocycles. The van der Waals surface area contributed by atoms with E-state index in [1.54, 1.807) is 48.3 Å². The van der Waals surface area contributed by atoms with Crippen molar-refractivity contribution < 1.29 is 21.9 Å². The van der Waals surface area contributed by atoms with E-state index >= 15 is 0 Å². The smallest absolute Gasteiger partial charge is 0.376 e. The molecule has 2 aromatic heterocycles. The zero-order chi connectivity index (χ0) is 25.0. The maximum absolute atomic E-state index is 13.4. The van der Waals surface area contributed by atoms with Gasteiger partial charge in [-0.15, -0.1) is 0 Å². The number of aryl methyl sites for hydroxylation is 1. The van der Waals surface area contributed by atoms with Crippen molar-refractivity contribution >= 4 is 38.3 Å². The van der Waals surface area contributed by atoms with Crippen LogP contribution in [-0.2, 0) is 20.0 Å². The number of sulfonamides is 1. The molecule has 0 unspecified atom stereocenters. The Morgan fingerprint density at radius 3 is 2.26 bits per heavy atom. The van der Waals surface area contributed by atoms with Gasteiger partial charge in [-0.05, 0) is 44.6 Å². The number of fused-ring (bicyclic) bond motifs is 1. The molecule has 2 aliphatic rings. The summed E-state index contributed by atoms with van der Waals surface area (Å²) in [6, 6.07) is 6.66. The van der Waals surface area contributed by atoms with E-state index in [0.29, 0.717) is 44.5 Å². The van der Waals surface area contributed by atoms with E-state index in [4.69, 9.17) is 0 Å². The topological polar surface area (TPSA) is 126 Å². The molecule has 0 amide bonds. The molecule has 0 saturated carbocycles. The van der Waals surface area contributed by atoms with Crippen molar-refractivity contribution in [1.82, 2.24) is 23.1 Å². The average Bonchev–Trinajstić information content (AvgIpc) is 3.18. The average molecular weight is 517 g/mol. The van der Waals surface area contributed by atoms with Crippen LogP contribution in [-0.4, -0.2) is 83.4 Å². The van der Waals surface area contributed by atoms with Gasteiger partial charge in [-0.1, -0.05) is 17.7 Å². The number of aromatic nitrogens is 3. The molecule has 3 aromatic rings. The zero-order valence-electron chi connectivity index (χ0n) is 19.6. The van der Waals surface area contributed by atoms with Crippen LogP contribution >= 0.6 is 0 Å². The van der Waals surface area contributed by atoms with Crippen LogP contribution in [0.1, 0.15) is 29.9 Å². The highest BCUT2D eigenvalue weighted by Crippen LogP contribution is 2.36. The largest absolute Gasteiger partial charge is 0.437 e. The maximum Gasteiger partial charge on any atom is 0.376 e. The molecule has 186 valence electrons. The van der Waals surface area contributed by atoms with Gasteiger partial charge in [0.1, 0.15) is 5.52 Å². The van der Waals surface area contributed by atoms with E-state index < -0.39 is 32.3 Å². The third-order valence-corrected chi connectivity index (χ3v) is 11.0. The predicted molar refractivity (Wildman–Crippen MR) is 133 cm³/mol. The minimum atomic E-state index is -3.87. The minimum absolute atomic E-state index is 0.0366. The van der Waals surface area contributed by atoms with Gasteiger partial charge < -0.3 is 9.83 Å². The molecule has 10 nitrogen and oxygen atoms in total. The Kier molecular flexibility index (Phi) is 6.25. The Bertz CT molecular complexity index is 1440. The quantitative estimate of drug-likeness (QED) is 0.485. The molecule has 2 saturated heterocycles. The summed E-state index contributed by atoms with van der Waals surface area (Å²) in [6.45, 7) is 4.91. The fourth-order valence-electron chi connectivity index (χ4n) is 4.85. The minimum Gasteiger partial charge on any atom is -0.437 e. The first kappa shape index (κ1) is 24.4. The fourth-order valence-corrected chi connectivity index (χ4v) is 8.07. The lowest BCUT2D eigenvalue weighted by Gasteiger charge is -2.42. The molecule has 1 N–H and O–H groups in total. The van der Waals surface area contributed by atoms with Crippen molar-refractivity contribution in [2.75, 3.05) is 26.2 Å². The van der Waals surface area contributed by atoms with Crippen molar-refractivity contribution in [1.29, 1.82) is 0 Å². The van der Waals surface area contributed by atoms with Crippen LogP contribution in [0.5, 0.6) is 0 Å². The lowest BCUT2D eigenvalue weighted by Crippen LogP contribution is -2.62. The number of nitrogens with zero attached hydrogens (tertiary/aromatic N) is 5. The first-order valence-electron chi connectivity index (χ1n) is 11.6. The van der Waals surface area contributed by atoms with Crippen LogP contribution in [0, 0.1) is 6.92 Å². The van der Waals surface area contributed by atoms with Gasteiger partial charge in [0.2, 0.25) is 10.0 Å². The van der Waals surface area contributed by atoms with E-state index in [-0.39, 0.29) is 16.5 Å². The maximum atomic E-state index is 13.4. The number of piperidine rings is 1. The lowest BCUT2D eigenvalue weighted by molar-refractivity contribution is 0.254. The second kappa shape index (κ2) is 8.97. The van der Waals surface area contributed by atoms with E-state index in [0.717, 1.165) is 11.1 Å². The first-order chi connectivity index (χ1) is 16.6. The molecule has 0 atom stereocenters.